The van der Waals surface area contributed by atoms with Crippen LogP contribution in [-0.2, 0) is 0 Å². The maximum Gasteiger partial charge on any atom is 0.161 e. The molecule has 1 aromatic carbocycles. The van der Waals surface area contributed by atoms with Crippen LogP contribution in [0.3, 0.4) is 0 Å². The van der Waals surface area contributed by atoms with Crippen molar-refractivity contribution in [2.75, 3.05) is 27.4 Å². The van der Waals surface area contributed by atoms with Crippen molar-refractivity contribution in [1.29, 1.82) is 0 Å². The van der Waals surface area contributed by atoms with Crippen molar-refractivity contribution in [2.24, 2.45) is 11.8 Å². The van der Waals surface area contributed by atoms with Crippen molar-refractivity contribution in [3.8, 4) is 11.5 Å². The maximum atomic E-state index is 9.58. The van der Waals surface area contributed by atoms with Crippen LogP contribution in [0.2, 0.25) is 0 Å². The summed E-state index contributed by atoms with van der Waals surface area (Å²) in [5.41, 5.74) is 2.51. The number of aliphatic hydroxyl groups excluding tert-OH is 2. The van der Waals surface area contributed by atoms with Gasteiger partial charge in [-0.25, -0.2) is 0 Å². The highest BCUT2D eigenvalue weighted by Gasteiger charge is 2.50. The van der Waals surface area contributed by atoms with E-state index in [1.807, 2.05) is 12.1 Å². The van der Waals surface area contributed by atoms with Crippen LogP contribution in [-0.4, -0.2) is 37.6 Å². The molecule has 0 aliphatic heterocycles. The smallest absolute Gasteiger partial charge is 0.161 e. The van der Waals surface area contributed by atoms with Crippen molar-refractivity contribution in [3.05, 3.63) is 23.3 Å². The summed E-state index contributed by atoms with van der Waals surface area (Å²) in [7, 11) is 3.27. The van der Waals surface area contributed by atoms with Gasteiger partial charge in [0.1, 0.15) is 0 Å². The van der Waals surface area contributed by atoms with E-state index in [1.54, 1.807) is 14.2 Å². The highest BCUT2D eigenvalue weighted by atomic mass is 16.5. The third-order valence-electron chi connectivity index (χ3n) is 4.90. The van der Waals surface area contributed by atoms with E-state index in [9.17, 15) is 10.2 Å². The minimum atomic E-state index is 0.139. The van der Waals surface area contributed by atoms with Crippen LogP contribution in [0.15, 0.2) is 12.1 Å². The number of benzene rings is 1. The van der Waals surface area contributed by atoms with Crippen molar-refractivity contribution in [3.63, 3.8) is 0 Å². The summed E-state index contributed by atoms with van der Waals surface area (Å²) in [6, 6.07) is 4.07. The summed E-state index contributed by atoms with van der Waals surface area (Å²) in [6.45, 7) is 0.278. The number of hydrogen-bond acceptors (Lipinski definition) is 4. The number of ether oxygens (including phenoxy) is 2. The van der Waals surface area contributed by atoms with Crippen LogP contribution >= 0.6 is 0 Å². The van der Waals surface area contributed by atoms with E-state index in [1.165, 1.54) is 11.1 Å². The summed E-state index contributed by atoms with van der Waals surface area (Å²) in [5.74, 6) is 2.49. The molecule has 0 unspecified atom stereocenters. The molecule has 3 rings (SSSR count). The first-order chi connectivity index (χ1) is 9.24. The third kappa shape index (κ3) is 1.66. The van der Waals surface area contributed by atoms with Gasteiger partial charge < -0.3 is 19.7 Å². The zero-order valence-corrected chi connectivity index (χ0v) is 11.3. The Morgan fingerprint density at radius 1 is 0.947 bits per heavy atom. The molecule has 2 aliphatic carbocycles. The van der Waals surface area contributed by atoms with E-state index < -0.39 is 0 Å². The maximum absolute atomic E-state index is 9.58. The lowest BCUT2D eigenvalue weighted by Gasteiger charge is -2.30. The van der Waals surface area contributed by atoms with Gasteiger partial charge in [0.2, 0.25) is 0 Å². The molecule has 2 bridgehead atoms. The normalized spacial score (nSPS) is 31.4. The largest absolute Gasteiger partial charge is 0.493 e. The Hall–Kier alpha value is -1.26. The monoisotopic (exact) mass is 264 g/mol. The van der Waals surface area contributed by atoms with E-state index in [0.29, 0.717) is 11.8 Å². The standard InChI is InChI=1S/C15H20O4/c1-18-14-4-10-8-3-9(11(10)5-15(14)19-2)13(7-17)12(8)6-16/h4-5,8-9,12-13,16-17H,3,6-7H2,1-2H3/t8-,9+,12+,13-. The number of rotatable bonds is 4. The first kappa shape index (κ1) is 12.8. The molecule has 0 saturated heterocycles. The van der Waals surface area contributed by atoms with Crippen LogP contribution in [0.5, 0.6) is 11.5 Å². The average molecular weight is 264 g/mol. The highest BCUT2D eigenvalue weighted by molar-refractivity contribution is 5.54. The molecular formula is C15H20O4. The Kier molecular flexibility index (Phi) is 3.15. The molecule has 19 heavy (non-hydrogen) atoms. The van der Waals surface area contributed by atoms with Gasteiger partial charge in [0, 0.05) is 13.2 Å². The number of methoxy groups -OCH3 is 2. The first-order valence-electron chi connectivity index (χ1n) is 6.72. The highest BCUT2D eigenvalue weighted by Crippen LogP contribution is 2.60. The van der Waals surface area contributed by atoms with Gasteiger partial charge in [-0.2, -0.15) is 0 Å². The van der Waals surface area contributed by atoms with Crippen molar-refractivity contribution < 1.29 is 19.7 Å². The molecule has 4 nitrogen and oxygen atoms in total. The second-order valence-corrected chi connectivity index (χ2v) is 5.48. The van der Waals surface area contributed by atoms with Crippen molar-refractivity contribution in [1.82, 2.24) is 0 Å². The SMILES string of the molecule is COc1cc2c(cc1OC)[C@@H]1C[C@H]2[C@H](CO)[C@@H]1CO. The van der Waals surface area contributed by atoms with E-state index in [0.717, 1.165) is 17.9 Å². The zero-order chi connectivity index (χ0) is 13.6. The number of fused-ring (bicyclic) bond motifs is 5. The third-order valence-corrected chi connectivity index (χ3v) is 4.90. The fourth-order valence-corrected chi connectivity index (χ4v) is 4.01. The molecule has 2 aliphatic rings. The molecule has 1 saturated carbocycles. The van der Waals surface area contributed by atoms with E-state index in [4.69, 9.17) is 9.47 Å². The average Bonchev–Trinajstić information content (AvgIpc) is 3.00. The van der Waals surface area contributed by atoms with Gasteiger partial charge >= 0.3 is 0 Å². The molecule has 0 radical (unpaired) electrons. The van der Waals surface area contributed by atoms with Crippen LogP contribution in [0.4, 0.5) is 0 Å². The van der Waals surface area contributed by atoms with Gasteiger partial charge in [0.05, 0.1) is 14.2 Å². The molecule has 2 N–H and O–H groups in total. The molecule has 0 heterocycles. The lowest BCUT2D eigenvalue weighted by atomic mass is 9.76. The predicted molar refractivity (Wildman–Crippen MR) is 70.8 cm³/mol. The fraction of sp³-hybridized carbons (Fsp3) is 0.600. The molecule has 1 aromatic rings. The second kappa shape index (κ2) is 4.69. The van der Waals surface area contributed by atoms with Gasteiger partial charge in [0.25, 0.3) is 0 Å². The van der Waals surface area contributed by atoms with E-state index >= 15 is 0 Å². The molecule has 4 atom stereocenters. The van der Waals surface area contributed by atoms with Crippen molar-refractivity contribution in [2.45, 2.75) is 18.3 Å². The molecule has 1 fully saturated rings. The predicted octanol–water partition coefficient (Wildman–Crippen LogP) is 1.51. The quantitative estimate of drug-likeness (QED) is 0.865. The van der Waals surface area contributed by atoms with E-state index in [2.05, 4.69) is 0 Å². The van der Waals surface area contributed by atoms with Crippen LogP contribution in [0, 0.1) is 11.8 Å². The molecule has 0 amide bonds. The van der Waals surface area contributed by atoms with Gasteiger partial charge in [-0.1, -0.05) is 0 Å². The Labute approximate surface area is 113 Å². The molecule has 104 valence electrons. The van der Waals surface area contributed by atoms with Crippen LogP contribution in [0.1, 0.15) is 29.4 Å². The van der Waals surface area contributed by atoms with Gasteiger partial charge in [-0.15, -0.1) is 0 Å². The summed E-state index contributed by atoms with van der Waals surface area (Å²) in [5, 5.41) is 19.2. The summed E-state index contributed by atoms with van der Waals surface area (Å²) >= 11 is 0. The lowest BCUT2D eigenvalue weighted by Crippen LogP contribution is -2.27. The molecule has 4 heteroatoms. The Morgan fingerprint density at radius 2 is 1.37 bits per heavy atom. The van der Waals surface area contributed by atoms with Crippen molar-refractivity contribution >= 4 is 0 Å². The summed E-state index contributed by atoms with van der Waals surface area (Å²) < 4.78 is 10.7. The Balaban J connectivity index is 2.07. The van der Waals surface area contributed by atoms with Gasteiger partial charge in [-0.05, 0) is 53.4 Å². The van der Waals surface area contributed by atoms with Crippen LogP contribution in [0.25, 0.3) is 0 Å². The number of aliphatic hydroxyl groups is 2. The molecule has 0 spiro atoms. The lowest BCUT2D eigenvalue weighted by molar-refractivity contribution is 0.120. The first-order valence-corrected chi connectivity index (χ1v) is 6.72. The van der Waals surface area contributed by atoms with E-state index in [-0.39, 0.29) is 25.0 Å². The summed E-state index contributed by atoms with van der Waals surface area (Å²) in [4.78, 5) is 0. The Morgan fingerprint density at radius 3 is 1.68 bits per heavy atom. The molecular weight excluding hydrogens is 244 g/mol. The van der Waals surface area contributed by atoms with Gasteiger partial charge in [0.15, 0.2) is 11.5 Å². The molecule has 0 aromatic heterocycles. The number of hydrogen-bond donors (Lipinski definition) is 2. The van der Waals surface area contributed by atoms with Gasteiger partial charge in [-0.3, -0.25) is 0 Å². The minimum absolute atomic E-state index is 0.139. The van der Waals surface area contributed by atoms with Crippen LogP contribution < -0.4 is 9.47 Å². The second-order valence-electron chi connectivity index (χ2n) is 5.48. The Bertz CT molecular complexity index is 442. The fourth-order valence-electron chi connectivity index (χ4n) is 4.01. The topological polar surface area (TPSA) is 58.9 Å². The zero-order valence-electron chi connectivity index (χ0n) is 11.3. The summed E-state index contributed by atoms with van der Waals surface area (Å²) in [6.07, 6.45) is 1.02. The minimum Gasteiger partial charge on any atom is -0.493 e.